The average Bonchev–Trinajstić information content (AvgIpc) is 3.06. The Morgan fingerprint density at radius 2 is 1.76 bits per heavy atom. The molecule has 0 aliphatic rings. The molecular formula is C19H14N4OS. The number of fused-ring (bicyclic) bond motifs is 1. The summed E-state index contributed by atoms with van der Waals surface area (Å²) in [5, 5.41) is 5.15. The van der Waals surface area contributed by atoms with E-state index in [0.29, 0.717) is 10.7 Å². The van der Waals surface area contributed by atoms with Crippen LogP contribution in [0.1, 0.15) is 17.1 Å². The molecule has 0 bridgehead atoms. The van der Waals surface area contributed by atoms with Gasteiger partial charge >= 0.3 is 0 Å². The summed E-state index contributed by atoms with van der Waals surface area (Å²) in [7, 11) is 0. The van der Waals surface area contributed by atoms with Crippen molar-refractivity contribution < 1.29 is 0 Å². The van der Waals surface area contributed by atoms with Gasteiger partial charge < -0.3 is 0 Å². The average molecular weight is 346 g/mol. The van der Waals surface area contributed by atoms with Crippen molar-refractivity contribution in [2.75, 3.05) is 0 Å². The maximum Gasteiger partial charge on any atom is 0.275 e. The zero-order chi connectivity index (χ0) is 17.2. The third-order valence-electron chi connectivity index (χ3n) is 3.62. The first-order valence-electron chi connectivity index (χ1n) is 7.77. The Morgan fingerprint density at radius 3 is 2.56 bits per heavy atom. The zero-order valence-corrected chi connectivity index (χ0v) is 14.3. The number of aryl methyl sites for hydroxylation is 1. The minimum atomic E-state index is -0.194. The second kappa shape index (κ2) is 6.41. The summed E-state index contributed by atoms with van der Waals surface area (Å²) in [5.74, 6) is 0. The molecule has 122 valence electrons. The molecule has 0 aliphatic carbocycles. The SMILES string of the molecule is Cc1cccc(/C=C/c2cc(=O)n3nc(-c4ccccc4)sc3n2)n1. The predicted molar refractivity (Wildman–Crippen MR) is 100 cm³/mol. The molecule has 5 nitrogen and oxygen atoms in total. The van der Waals surface area contributed by atoms with E-state index in [1.807, 2.05) is 61.5 Å². The fourth-order valence-corrected chi connectivity index (χ4v) is 3.36. The van der Waals surface area contributed by atoms with Gasteiger partial charge in [0, 0.05) is 17.3 Å². The Bertz CT molecular complexity index is 1130. The van der Waals surface area contributed by atoms with Gasteiger partial charge in [0.05, 0.1) is 11.4 Å². The number of hydrogen-bond donors (Lipinski definition) is 0. The van der Waals surface area contributed by atoms with E-state index in [0.717, 1.165) is 22.0 Å². The fraction of sp³-hybridized carbons (Fsp3) is 0.0526. The van der Waals surface area contributed by atoms with Gasteiger partial charge in [-0.05, 0) is 31.2 Å². The molecule has 3 aromatic heterocycles. The Balaban J connectivity index is 1.73. The summed E-state index contributed by atoms with van der Waals surface area (Å²) in [4.78, 5) is 21.8. The van der Waals surface area contributed by atoms with E-state index in [2.05, 4.69) is 15.1 Å². The Morgan fingerprint density at radius 1 is 0.960 bits per heavy atom. The van der Waals surface area contributed by atoms with Crippen LogP contribution in [0.15, 0.2) is 59.4 Å². The number of rotatable bonds is 3. The summed E-state index contributed by atoms with van der Waals surface area (Å²) < 4.78 is 1.34. The van der Waals surface area contributed by atoms with Crippen LogP contribution in [0.2, 0.25) is 0 Å². The molecule has 0 N–H and O–H groups in total. The van der Waals surface area contributed by atoms with Gasteiger partial charge in [-0.25, -0.2) is 4.98 Å². The maximum absolute atomic E-state index is 12.3. The van der Waals surface area contributed by atoms with Crippen LogP contribution in [0.5, 0.6) is 0 Å². The lowest BCUT2D eigenvalue weighted by Crippen LogP contribution is -2.14. The first-order chi connectivity index (χ1) is 12.2. The number of aromatic nitrogens is 4. The van der Waals surface area contributed by atoms with Crippen molar-refractivity contribution in [3.8, 4) is 10.6 Å². The molecule has 1 aromatic carbocycles. The third-order valence-corrected chi connectivity index (χ3v) is 4.58. The molecule has 0 spiro atoms. The van der Waals surface area contributed by atoms with Gasteiger partial charge in [0.2, 0.25) is 4.96 Å². The highest BCUT2D eigenvalue weighted by molar-refractivity contribution is 7.19. The van der Waals surface area contributed by atoms with Crippen LogP contribution in [0, 0.1) is 6.92 Å². The number of benzene rings is 1. The molecule has 3 heterocycles. The molecule has 0 amide bonds. The number of hydrogen-bond acceptors (Lipinski definition) is 5. The molecule has 25 heavy (non-hydrogen) atoms. The minimum absolute atomic E-state index is 0.194. The molecule has 0 atom stereocenters. The Labute approximate surface area is 148 Å². The van der Waals surface area contributed by atoms with Crippen LogP contribution in [-0.4, -0.2) is 19.6 Å². The highest BCUT2D eigenvalue weighted by Gasteiger charge is 2.09. The number of pyridine rings is 1. The van der Waals surface area contributed by atoms with Crippen LogP contribution in [-0.2, 0) is 0 Å². The van der Waals surface area contributed by atoms with Crippen molar-refractivity contribution in [1.82, 2.24) is 19.6 Å². The topological polar surface area (TPSA) is 60.2 Å². The summed E-state index contributed by atoms with van der Waals surface area (Å²) in [6.07, 6.45) is 3.65. The quantitative estimate of drug-likeness (QED) is 0.568. The monoisotopic (exact) mass is 346 g/mol. The van der Waals surface area contributed by atoms with Gasteiger partial charge in [-0.15, -0.1) is 0 Å². The molecule has 6 heteroatoms. The molecule has 4 rings (SSSR count). The molecule has 0 unspecified atom stereocenters. The molecule has 0 aliphatic heterocycles. The minimum Gasteiger partial charge on any atom is -0.267 e. The molecule has 0 fully saturated rings. The van der Waals surface area contributed by atoms with E-state index in [1.165, 1.54) is 21.9 Å². The lowest BCUT2D eigenvalue weighted by Gasteiger charge is -1.95. The maximum atomic E-state index is 12.3. The van der Waals surface area contributed by atoms with Gasteiger partial charge in [0.1, 0.15) is 5.01 Å². The summed E-state index contributed by atoms with van der Waals surface area (Å²) in [5.41, 5.74) is 3.15. The smallest absolute Gasteiger partial charge is 0.267 e. The van der Waals surface area contributed by atoms with Gasteiger partial charge in [-0.1, -0.05) is 47.7 Å². The predicted octanol–water partition coefficient (Wildman–Crippen LogP) is 3.69. The van der Waals surface area contributed by atoms with Crippen molar-refractivity contribution >= 4 is 28.4 Å². The lowest BCUT2D eigenvalue weighted by atomic mass is 10.2. The second-order valence-electron chi connectivity index (χ2n) is 5.52. The highest BCUT2D eigenvalue weighted by atomic mass is 32.1. The molecule has 0 radical (unpaired) electrons. The zero-order valence-electron chi connectivity index (χ0n) is 13.5. The Hall–Kier alpha value is -3.12. The molecule has 4 aromatic rings. The van der Waals surface area contributed by atoms with Crippen LogP contribution in [0.3, 0.4) is 0 Å². The van der Waals surface area contributed by atoms with Crippen molar-refractivity contribution in [2.45, 2.75) is 6.92 Å². The van der Waals surface area contributed by atoms with Crippen molar-refractivity contribution in [1.29, 1.82) is 0 Å². The van der Waals surface area contributed by atoms with Crippen LogP contribution in [0.4, 0.5) is 0 Å². The standard InChI is InChI=1S/C19H14N4OS/c1-13-6-5-9-15(20-13)10-11-16-12-17(24)23-19(21-16)25-18(22-23)14-7-3-2-4-8-14/h2-12H,1H3/b11-10+. The summed E-state index contributed by atoms with van der Waals surface area (Å²) in [6.45, 7) is 1.94. The molecule has 0 saturated heterocycles. The summed E-state index contributed by atoms with van der Waals surface area (Å²) >= 11 is 1.39. The van der Waals surface area contributed by atoms with Crippen LogP contribution in [0.25, 0.3) is 27.7 Å². The van der Waals surface area contributed by atoms with Gasteiger partial charge in [0.25, 0.3) is 5.56 Å². The normalized spacial score (nSPS) is 11.4. The lowest BCUT2D eigenvalue weighted by molar-refractivity contribution is 0.901. The van der Waals surface area contributed by atoms with Crippen LogP contribution < -0.4 is 5.56 Å². The molecular weight excluding hydrogens is 332 g/mol. The Kier molecular flexibility index (Phi) is 3.95. The van der Waals surface area contributed by atoms with Crippen molar-refractivity contribution in [3.63, 3.8) is 0 Å². The van der Waals surface area contributed by atoms with E-state index in [9.17, 15) is 4.79 Å². The second-order valence-corrected chi connectivity index (χ2v) is 6.48. The van der Waals surface area contributed by atoms with Gasteiger partial charge in [-0.2, -0.15) is 9.61 Å². The van der Waals surface area contributed by atoms with Crippen molar-refractivity contribution in [3.05, 3.63) is 82.0 Å². The first-order valence-corrected chi connectivity index (χ1v) is 8.59. The largest absolute Gasteiger partial charge is 0.275 e. The summed E-state index contributed by atoms with van der Waals surface area (Å²) in [6, 6.07) is 17.0. The fourth-order valence-electron chi connectivity index (χ4n) is 2.44. The van der Waals surface area contributed by atoms with E-state index < -0.39 is 0 Å². The number of nitrogens with zero attached hydrogens (tertiary/aromatic N) is 4. The molecule has 0 saturated carbocycles. The van der Waals surface area contributed by atoms with Crippen molar-refractivity contribution in [2.24, 2.45) is 0 Å². The van der Waals surface area contributed by atoms with Gasteiger partial charge in [-0.3, -0.25) is 9.78 Å². The van der Waals surface area contributed by atoms with E-state index in [4.69, 9.17) is 0 Å². The van der Waals surface area contributed by atoms with E-state index in [-0.39, 0.29) is 5.56 Å². The highest BCUT2D eigenvalue weighted by Crippen LogP contribution is 2.23. The third kappa shape index (κ3) is 3.25. The first kappa shape index (κ1) is 15.4. The van der Waals surface area contributed by atoms with Gasteiger partial charge in [0.15, 0.2) is 0 Å². The van der Waals surface area contributed by atoms with E-state index in [1.54, 1.807) is 6.08 Å². The van der Waals surface area contributed by atoms with E-state index >= 15 is 0 Å². The van der Waals surface area contributed by atoms with Crippen LogP contribution >= 0.6 is 11.3 Å².